The van der Waals surface area contributed by atoms with Gasteiger partial charge in [-0.3, -0.25) is 0 Å². The third kappa shape index (κ3) is 4.05. The van der Waals surface area contributed by atoms with Crippen molar-refractivity contribution in [3.8, 4) is 0 Å². The lowest BCUT2D eigenvalue weighted by Crippen LogP contribution is -2.40. The molecule has 0 aromatic heterocycles. The van der Waals surface area contributed by atoms with Crippen LogP contribution in [0, 0.1) is 0 Å². The molecule has 1 saturated heterocycles. The zero-order chi connectivity index (χ0) is 13.9. The van der Waals surface area contributed by atoms with Crippen molar-refractivity contribution in [3.05, 3.63) is 11.6 Å². The molecule has 1 aliphatic heterocycles. The highest BCUT2D eigenvalue weighted by Crippen LogP contribution is 2.25. The van der Waals surface area contributed by atoms with Crippen LogP contribution in [-0.4, -0.2) is 40.3 Å². The van der Waals surface area contributed by atoms with Gasteiger partial charge in [0.1, 0.15) is 5.60 Å². The smallest absolute Gasteiger partial charge is 0.410 e. The van der Waals surface area contributed by atoms with Gasteiger partial charge in [-0.25, -0.2) is 9.59 Å². The van der Waals surface area contributed by atoms with Gasteiger partial charge in [0.25, 0.3) is 0 Å². The standard InChI is InChI=1S/C13H21NO4/c1-9(8-11(15)16)10-6-5-7-14(10)12(17)18-13(2,3)4/h8,10H,5-7H2,1-4H3,(H,15,16)/b9-8+/t10-/m1/s1. The average molecular weight is 255 g/mol. The van der Waals surface area contributed by atoms with Crippen LogP contribution in [0.25, 0.3) is 0 Å². The minimum absolute atomic E-state index is 0.157. The summed E-state index contributed by atoms with van der Waals surface area (Å²) >= 11 is 0. The summed E-state index contributed by atoms with van der Waals surface area (Å²) in [5.41, 5.74) is 0.153. The van der Waals surface area contributed by atoms with Crippen LogP contribution in [0.4, 0.5) is 4.79 Å². The van der Waals surface area contributed by atoms with E-state index in [0.29, 0.717) is 12.1 Å². The Bertz CT molecular complexity index is 368. The van der Waals surface area contributed by atoms with E-state index in [1.807, 2.05) is 20.8 Å². The fourth-order valence-electron chi connectivity index (χ4n) is 2.07. The number of rotatable bonds is 2. The Kier molecular flexibility index (Phi) is 4.38. The van der Waals surface area contributed by atoms with Gasteiger partial charge in [0.15, 0.2) is 0 Å². The molecule has 0 aromatic rings. The van der Waals surface area contributed by atoms with Crippen LogP contribution >= 0.6 is 0 Å². The Labute approximate surface area is 107 Å². The van der Waals surface area contributed by atoms with Crippen LogP contribution in [0.15, 0.2) is 11.6 Å². The van der Waals surface area contributed by atoms with Gasteiger partial charge in [-0.05, 0) is 46.1 Å². The van der Waals surface area contributed by atoms with E-state index in [-0.39, 0.29) is 12.1 Å². The van der Waals surface area contributed by atoms with E-state index in [4.69, 9.17) is 9.84 Å². The number of ether oxygens (including phenoxy) is 1. The number of hydrogen-bond acceptors (Lipinski definition) is 3. The van der Waals surface area contributed by atoms with Gasteiger partial charge in [0.2, 0.25) is 0 Å². The van der Waals surface area contributed by atoms with Crippen molar-refractivity contribution in [2.75, 3.05) is 6.54 Å². The number of carbonyl (C=O) groups is 2. The summed E-state index contributed by atoms with van der Waals surface area (Å²) in [6, 6.07) is -0.157. The zero-order valence-corrected chi connectivity index (χ0v) is 11.4. The second-order valence-corrected chi connectivity index (χ2v) is 5.56. The van der Waals surface area contributed by atoms with Gasteiger partial charge in [-0.1, -0.05) is 0 Å². The summed E-state index contributed by atoms with van der Waals surface area (Å²) in [7, 11) is 0. The topological polar surface area (TPSA) is 66.8 Å². The summed E-state index contributed by atoms with van der Waals surface area (Å²) in [4.78, 5) is 24.3. The normalized spacial score (nSPS) is 21.0. The number of amides is 1. The van der Waals surface area contributed by atoms with E-state index >= 15 is 0 Å². The van der Waals surface area contributed by atoms with Gasteiger partial charge in [0, 0.05) is 12.6 Å². The summed E-state index contributed by atoms with van der Waals surface area (Å²) in [6.45, 7) is 7.80. The maximum absolute atomic E-state index is 12.0. The van der Waals surface area contributed by atoms with E-state index in [9.17, 15) is 9.59 Å². The van der Waals surface area contributed by atoms with E-state index in [1.165, 1.54) is 0 Å². The van der Waals surface area contributed by atoms with Crippen molar-refractivity contribution in [2.45, 2.75) is 52.2 Å². The first-order valence-electron chi connectivity index (χ1n) is 6.11. The highest BCUT2D eigenvalue weighted by molar-refractivity contribution is 5.81. The molecule has 102 valence electrons. The minimum atomic E-state index is -0.983. The van der Waals surface area contributed by atoms with E-state index in [2.05, 4.69) is 0 Å². The largest absolute Gasteiger partial charge is 0.478 e. The highest BCUT2D eigenvalue weighted by Gasteiger charge is 2.33. The highest BCUT2D eigenvalue weighted by atomic mass is 16.6. The summed E-state index contributed by atoms with van der Waals surface area (Å²) in [5.74, 6) is -0.983. The number of hydrogen-bond donors (Lipinski definition) is 1. The lowest BCUT2D eigenvalue weighted by molar-refractivity contribution is -0.131. The van der Waals surface area contributed by atoms with E-state index in [0.717, 1.165) is 18.9 Å². The third-order valence-corrected chi connectivity index (χ3v) is 2.76. The summed E-state index contributed by atoms with van der Waals surface area (Å²) < 4.78 is 5.32. The first-order valence-corrected chi connectivity index (χ1v) is 6.11. The van der Waals surface area contributed by atoms with Crippen molar-refractivity contribution in [1.29, 1.82) is 0 Å². The number of carboxylic acid groups (broad SMARTS) is 1. The van der Waals surface area contributed by atoms with E-state index < -0.39 is 11.6 Å². The number of nitrogens with zero attached hydrogens (tertiary/aromatic N) is 1. The Morgan fingerprint density at radius 2 is 2.00 bits per heavy atom. The maximum atomic E-state index is 12.0. The van der Waals surface area contributed by atoms with Crippen LogP contribution < -0.4 is 0 Å². The van der Waals surface area contributed by atoms with Crippen LogP contribution in [0.1, 0.15) is 40.5 Å². The molecule has 0 bridgehead atoms. The Hall–Kier alpha value is -1.52. The van der Waals surface area contributed by atoms with Gasteiger partial charge in [0.05, 0.1) is 6.04 Å². The van der Waals surface area contributed by atoms with Crippen molar-refractivity contribution < 1.29 is 19.4 Å². The zero-order valence-electron chi connectivity index (χ0n) is 11.4. The maximum Gasteiger partial charge on any atom is 0.410 e. The number of likely N-dealkylation sites (tertiary alicyclic amines) is 1. The molecule has 0 unspecified atom stereocenters. The second-order valence-electron chi connectivity index (χ2n) is 5.56. The number of carbonyl (C=O) groups excluding carboxylic acids is 1. The molecule has 1 rings (SSSR count). The van der Waals surface area contributed by atoms with Gasteiger partial charge < -0.3 is 14.7 Å². The van der Waals surface area contributed by atoms with Gasteiger partial charge in [-0.15, -0.1) is 0 Å². The molecule has 0 spiro atoms. The SMILES string of the molecule is C/C(=C\C(=O)O)[C@H]1CCCN1C(=O)OC(C)(C)C. The predicted molar refractivity (Wildman–Crippen MR) is 67.4 cm³/mol. The monoisotopic (exact) mass is 255 g/mol. The van der Waals surface area contributed by atoms with Crippen molar-refractivity contribution in [1.82, 2.24) is 4.90 Å². The molecule has 1 atom stereocenters. The minimum Gasteiger partial charge on any atom is -0.478 e. The molecule has 1 heterocycles. The fourth-order valence-corrected chi connectivity index (χ4v) is 2.07. The molecule has 1 amide bonds. The molecule has 0 saturated carbocycles. The van der Waals surface area contributed by atoms with Crippen LogP contribution in [0.2, 0.25) is 0 Å². The summed E-state index contributed by atoms with van der Waals surface area (Å²) in [6.07, 6.45) is 2.44. The molecule has 0 aromatic carbocycles. The Balaban J connectivity index is 2.76. The molecule has 1 fully saturated rings. The first kappa shape index (κ1) is 14.5. The van der Waals surface area contributed by atoms with Crippen LogP contribution in [0.3, 0.4) is 0 Å². The molecular formula is C13H21NO4. The predicted octanol–water partition coefficient (Wildman–Crippen LogP) is 2.42. The van der Waals surface area contributed by atoms with Crippen molar-refractivity contribution in [3.63, 3.8) is 0 Å². The molecule has 18 heavy (non-hydrogen) atoms. The van der Waals surface area contributed by atoms with E-state index in [1.54, 1.807) is 11.8 Å². The molecule has 1 N–H and O–H groups in total. The Morgan fingerprint density at radius 1 is 1.39 bits per heavy atom. The molecular weight excluding hydrogens is 234 g/mol. The van der Waals surface area contributed by atoms with Crippen LogP contribution in [0.5, 0.6) is 0 Å². The lowest BCUT2D eigenvalue weighted by Gasteiger charge is -2.29. The number of aliphatic carboxylic acids is 1. The quantitative estimate of drug-likeness (QED) is 0.769. The third-order valence-electron chi connectivity index (χ3n) is 2.76. The number of carboxylic acids is 1. The lowest BCUT2D eigenvalue weighted by atomic mass is 10.1. The molecule has 5 heteroatoms. The summed E-state index contributed by atoms with van der Waals surface area (Å²) in [5, 5.41) is 8.74. The van der Waals surface area contributed by atoms with Crippen molar-refractivity contribution >= 4 is 12.1 Å². The van der Waals surface area contributed by atoms with Crippen molar-refractivity contribution in [2.24, 2.45) is 0 Å². The van der Waals surface area contributed by atoms with Gasteiger partial charge >= 0.3 is 12.1 Å². The molecule has 5 nitrogen and oxygen atoms in total. The fraction of sp³-hybridized carbons (Fsp3) is 0.692. The van der Waals surface area contributed by atoms with Gasteiger partial charge in [-0.2, -0.15) is 0 Å². The van der Waals surface area contributed by atoms with Crippen LogP contribution in [-0.2, 0) is 9.53 Å². The molecule has 1 aliphatic rings. The molecule has 0 aliphatic carbocycles. The second kappa shape index (κ2) is 5.42. The molecule has 0 radical (unpaired) electrons. The Morgan fingerprint density at radius 3 is 2.50 bits per heavy atom. The first-order chi connectivity index (χ1) is 8.20. The average Bonchev–Trinajstić information content (AvgIpc) is 2.61.